The third-order valence-electron chi connectivity index (χ3n) is 12.4. The molecular formula is C56H47N3S. The molecule has 0 aliphatic heterocycles. The molecule has 0 aliphatic rings. The maximum absolute atomic E-state index is 2.61. The van der Waals surface area contributed by atoms with Gasteiger partial charge in [0, 0.05) is 60.4 Å². The Kier molecular flexibility index (Phi) is 8.18. The number of hydrogen-bond donors (Lipinski definition) is 0. The maximum Gasteiger partial charge on any atom is 0.0728 e. The molecule has 0 amide bonds. The van der Waals surface area contributed by atoms with E-state index in [-0.39, 0.29) is 5.41 Å². The molecular weight excluding hydrogens is 747 g/mol. The minimum Gasteiger partial charge on any atom is -0.310 e. The quantitative estimate of drug-likeness (QED) is 0.166. The summed E-state index contributed by atoms with van der Waals surface area (Å²) in [5.41, 5.74) is 17.1. The average Bonchev–Trinajstić information content (AvgIpc) is 3.86. The second-order valence-corrected chi connectivity index (χ2v) is 18.9. The highest BCUT2D eigenvalue weighted by Gasteiger charge is 2.26. The van der Waals surface area contributed by atoms with Crippen LogP contribution in [0.2, 0.25) is 0 Å². The topological polar surface area (TPSA) is 10.9 Å². The molecule has 0 spiro atoms. The van der Waals surface area contributed by atoms with Crippen molar-refractivity contribution in [1.29, 1.82) is 0 Å². The van der Waals surface area contributed by atoms with Gasteiger partial charge in [-0.05, 0) is 163 Å². The van der Waals surface area contributed by atoms with Crippen LogP contribution in [-0.2, 0) is 5.41 Å². The van der Waals surface area contributed by atoms with E-state index >= 15 is 0 Å². The molecule has 3 aromatic heterocycles. The molecule has 0 saturated carbocycles. The van der Waals surface area contributed by atoms with Crippen LogP contribution >= 0.6 is 11.3 Å². The SMILES string of the molecule is Cc1cccc(N(c2cccc(C)c2)c2ccc3cc4c5ccc(N(c6cccc(C)c6)c6cccc(C)c6)cc5n5c6c7cc(C(C)(C)C)ccc7sc6c(c3c2)c45)c1. The molecule has 4 heteroatoms. The van der Waals surface area contributed by atoms with Gasteiger partial charge in [0.25, 0.3) is 0 Å². The smallest absolute Gasteiger partial charge is 0.0728 e. The van der Waals surface area contributed by atoms with Crippen molar-refractivity contribution in [2.24, 2.45) is 0 Å². The van der Waals surface area contributed by atoms with E-state index in [1.54, 1.807) is 0 Å². The van der Waals surface area contributed by atoms with Crippen LogP contribution in [-0.4, -0.2) is 4.40 Å². The Bertz CT molecular complexity index is 3390. The lowest BCUT2D eigenvalue weighted by Gasteiger charge is -2.26. The lowest BCUT2D eigenvalue weighted by atomic mass is 9.86. The zero-order valence-corrected chi connectivity index (χ0v) is 36.1. The molecule has 292 valence electrons. The zero-order chi connectivity index (χ0) is 41.0. The summed E-state index contributed by atoms with van der Waals surface area (Å²) in [7, 11) is 0. The van der Waals surface area contributed by atoms with Crippen molar-refractivity contribution in [2.75, 3.05) is 9.80 Å². The van der Waals surface area contributed by atoms with Crippen LogP contribution in [0.15, 0.2) is 158 Å². The zero-order valence-electron chi connectivity index (χ0n) is 35.3. The molecule has 8 aromatic carbocycles. The van der Waals surface area contributed by atoms with Crippen LogP contribution in [0, 0.1) is 27.7 Å². The van der Waals surface area contributed by atoms with Gasteiger partial charge in [0.1, 0.15) is 0 Å². The van der Waals surface area contributed by atoms with Crippen LogP contribution in [0.3, 0.4) is 0 Å². The van der Waals surface area contributed by atoms with Crippen molar-refractivity contribution in [3.05, 3.63) is 186 Å². The highest BCUT2D eigenvalue weighted by atomic mass is 32.1. The lowest BCUT2D eigenvalue weighted by molar-refractivity contribution is 0.591. The first-order valence-corrected chi connectivity index (χ1v) is 21.8. The van der Waals surface area contributed by atoms with Crippen molar-refractivity contribution in [3.63, 3.8) is 0 Å². The Morgan fingerprint density at radius 2 is 0.950 bits per heavy atom. The van der Waals surface area contributed by atoms with E-state index in [0.29, 0.717) is 0 Å². The van der Waals surface area contributed by atoms with Gasteiger partial charge in [0.15, 0.2) is 0 Å². The molecule has 0 atom stereocenters. The highest BCUT2D eigenvalue weighted by molar-refractivity contribution is 7.26. The Morgan fingerprint density at radius 1 is 0.433 bits per heavy atom. The van der Waals surface area contributed by atoms with E-state index in [1.807, 2.05) is 11.3 Å². The van der Waals surface area contributed by atoms with E-state index < -0.39 is 0 Å². The molecule has 0 saturated heterocycles. The van der Waals surface area contributed by atoms with Crippen LogP contribution in [0.1, 0.15) is 48.6 Å². The standard InChI is InChI=1S/C56H47N3S/c1-34-12-8-16-40(26-34)57(41-17-9-13-35(2)27-41)44-22-20-38-30-48-46-24-23-45(58(42-18-10-14-36(3)28-42)43-19-11-15-37(4)29-43)33-50(46)59-53(48)52(47(38)32-44)55-54(59)49-31-39(56(5,6)7)21-25-51(49)60-55/h8-33H,1-7H3. The summed E-state index contributed by atoms with van der Waals surface area (Å²) >= 11 is 1.94. The summed E-state index contributed by atoms with van der Waals surface area (Å²) in [6.07, 6.45) is 0. The molecule has 0 bridgehead atoms. The number of benzene rings is 8. The van der Waals surface area contributed by atoms with Gasteiger partial charge in [-0.25, -0.2) is 0 Å². The lowest BCUT2D eigenvalue weighted by Crippen LogP contribution is -2.10. The maximum atomic E-state index is 2.61. The summed E-state index contributed by atoms with van der Waals surface area (Å²) in [6, 6.07) is 59.2. The van der Waals surface area contributed by atoms with Gasteiger partial charge in [-0.15, -0.1) is 11.3 Å². The Balaban J connectivity index is 1.25. The van der Waals surface area contributed by atoms with Crippen LogP contribution in [0.5, 0.6) is 0 Å². The van der Waals surface area contributed by atoms with Gasteiger partial charge in [-0.2, -0.15) is 0 Å². The van der Waals surface area contributed by atoms with Crippen LogP contribution < -0.4 is 9.80 Å². The van der Waals surface area contributed by atoms with Crippen molar-refractivity contribution in [1.82, 2.24) is 4.40 Å². The third-order valence-corrected chi connectivity index (χ3v) is 13.5. The Hall–Kier alpha value is -6.62. The number of anilines is 6. The molecule has 3 heterocycles. The molecule has 3 nitrogen and oxygen atoms in total. The fourth-order valence-electron chi connectivity index (χ4n) is 9.51. The van der Waals surface area contributed by atoms with Crippen molar-refractivity contribution in [2.45, 2.75) is 53.9 Å². The van der Waals surface area contributed by atoms with Gasteiger partial charge >= 0.3 is 0 Å². The van der Waals surface area contributed by atoms with Gasteiger partial charge in [-0.1, -0.05) is 87.5 Å². The fraction of sp³-hybridized carbons (Fsp3) is 0.143. The number of rotatable bonds is 6. The number of fused-ring (bicyclic) bond motifs is 10. The minimum absolute atomic E-state index is 0.0223. The number of thiophene rings is 1. The number of hydrogen-bond acceptors (Lipinski definition) is 3. The first-order chi connectivity index (χ1) is 29.0. The summed E-state index contributed by atoms with van der Waals surface area (Å²) in [6.45, 7) is 15.7. The molecule has 0 aliphatic carbocycles. The fourth-order valence-corrected chi connectivity index (χ4v) is 10.7. The molecule has 0 N–H and O–H groups in total. The Labute approximate surface area is 355 Å². The van der Waals surface area contributed by atoms with Gasteiger partial charge < -0.3 is 14.2 Å². The van der Waals surface area contributed by atoms with E-state index in [2.05, 4.69) is 220 Å². The Morgan fingerprint density at radius 3 is 1.48 bits per heavy atom. The number of aryl methyl sites for hydroxylation is 4. The molecule has 0 unspecified atom stereocenters. The van der Waals surface area contributed by atoms with Gasteiger partial charge in [0.05, 0.1) is 21.3 Å². The first-order valence-electron chi connectivity index (χ1n) is 21.0. The predicted molar refractivity (Wildman–Crippen MR) is 261 cm³/mol. The number of nitrogens with zero attached hydrogens (tertiary/aromatic N) is 3. The number of aromatic nitrogens is 1. The van der Waals surface area contributed by atoms with Crippen molar-refractivity contribution >= 4 is 104 Å². The highest BCUT2D eigenvalue weighted by Crippen LogP contribution is 2.51. The van der Waals surface area contributed by atoms with Crippen molar-refractivity contribution < 1.29 is 0 Å². The van der Waals surface area contributed by atoms with Gasteiger partial charge in [0.2, 0.25) is 0 Å². The summed E-state index contributed by atoms with van der Waals surface area (Å²) in [5.74, 6) is 0. The second-order valence-electron chi connectivity index (χ2n) is 17.9. The van der Waals surface area contributed by atoms with Crippen molar-refractivity contribution in [3.8, 4) is 0 Å². The predicted octanol–water partition coefficient (Wildman–Crippen LogP) is 16.7. The monoisotopic (exact) mass is 793 g/mol. The molecule has 0 radical (unpaired) electrons. The second kappa shape index (κ2) is 13.5. The summed E-state index contributed by atoms with van der Waals surface area (Å²) in [4.78, 5) is 4.83. The molecule has 11 rings (SSSR count). The van der Waals surface area contributed by atoms with Crippen LogP contribution in [0.4, 0.5) is 34.1 Å². The largest absolute Gasteiger partial charge is 0.310 e. The minimum atomic E-state index is 0.0223. The molecule has 0 fully saturated rings. The third kappa shape index (κ3) is 5.77. The van der Waals surface area contributed by atoms with E-state index in [0.717, 1.165) is 34.1 Å². The van der Waals surface area contributed by atoms with Crippen LogP contribution in [0.25, 0.3) is 58.3 Å². The first kappa shape index (κ1) is 36.5. The summed E-state index contributed by atoms with van der Waals surface area (Å²) in [5, 5.41) is 7.74. The molecule has 11 aromatic rings. The summed E-state index contributed by atoms with van der Waals surface area (Å²) < 4.78 is 5.28. The van der Waals surface area contributed by atoms with E-state index in [1.165, 1.54) is 86.1 Å². The van der Waals surface area contributed by atoms with E-state index in [9.17, 15) is 0 Å². The molecule has 60 heavy (non-hydrogen) atoms. The van der Waals surface area contributed by atoms with Gasteiger partial charge in [-0.3, -0.25) is 0 Å². The normalized spacial score (nSPS) is 12.2. The average molecular weight is 794 g/mol. The van der Waals surface area contributed by atoms with E-state index in [4.69, 9.17) is 0 Å².